The molecule has 0 amide bonds. The summed E-state index contributed by atoms with van der Waals surface area (Å²) in [6.07, 6.45) is 13.0. The summed E-state index contributed by atoms with van der Waals surface area (Å²) in [5.74, 6) is -0.0581. The zero-order chi connectivity index (χ0) is 26.0. The van der Waals surface area contributed by atoms with Crippen LogP contribution in [-0.2, 0) is 14.2 Å². The Bertz CT molecular complexity index is 1070. The Hall–Kier alpha value is -2.37. The van der Waals surface area contributed by atoms with E-state index in [9.17, 15) is 9.90 Å². The molecule has 2 saturated heterocycles. The first kappa shape index (κ1) is 26.7. The molecule has 0 unspecified atom stereocenters. The molecular formula is C31H42O5. The van der Waals surface area contributed by atoms with Gasteiger partial charge in [0.1, 0.15) is 11.9 Å². The van der Waals surface area contributed by atoms with E-state index in [1.165, 1.54) is 5.57 Å². The van der Waals surface area contributed by atoms with Crippen LogP contribution in [0.25, 0.3) is 5.57 Å². The second-order valence-electron chi connectivity index (χ2n) is 11.3. The summed E-state index contributed by atoms with van der Waals surface area (Å²) in [5, 5.41) is 10.4. The summed E-state index contributed by atoms with van der Waals surface area (Å²) >= 11 is 0. The number of carbonyl (C=O) groups is 1. The van der Waals surface area contributed by atoms with Crippen LogP contribution < -0.4 is 0 Å². The first-order valence-corrected chi connectivity index (χ1v) is 13.5. The molecule has 5 heteroatoms. The van der Waals surface area contributed by atoms with E-state index in [2.05, 4.69) is 39.8 Å². The fourth-order valence-electron chi connectivity index (χ4n) is 5.67. The lowest BCUT2D eigenvalue weighted by Gasteiger charge is -2.49. The van der Waals surface area contributed by atoms with Crippen LogP contribution in [0.5, 0.6) is 5.75 Å². The number of carbonyl (C=O) groups excluding carboxylic acids is 1. The van der Waals surface area contributed by atoms with E-state index in [1.807, 2.05) is 19.1 Å². The summed E-state index contributed by atoms with van der Waals surface area (Å²) in [6.45, 7) is 12.5. The van der Waals surface area contributed by atoms with Crippen LogP contribution in [-0.4, -0.2) is 35.2 Å². The number of hydrogen-bond donors (Lipinski definition) is 1. The van der Waals surface area contributed by atoms with Gasteiger partial charge in [0.15, 0.2) is 5.79 Å². The van der Waals surface area contributed by atoms with Gasteiger partial charge in [0.05, 0.1) is 17.8 Å². The fraction of sp³-hybridized carbons (Fsp3) is 0.581. The molecule has 0 aromatic heterocycles. The third-order valence-corrected chi connectivity index (χ3v) is 8.04. The smallest absolute Gasteiger partial charge is 0.339 e. The van der Waals surface area contributed by atoms with Gasteiger partial charge in [-0.25, -0.2) is 4.79 Å². The molecule has 0 saturated carbocycles. The lowest BCUT2D eigenvalue weighted by atomic mass is 9.86. The third kappa shape index (κ3) is 6.12. The maximum Gasteiger partial charge on any atom is 0.339 e. The maximum absolute atomic E-state index is 13.6. The molecule has 36 heavy (non-hydrogen) atoms. The van der Waals surface area contributed by atoms with Crippen LogP contribution in [0.2, 0.25) is 0 Å². The van der Waals surface area contributed by atoms with Crippen molar-refractivity contribution in [2.45, 2.75) is 104 Å². The molecule has 2 fully saturated rings. The zero-order valence-corrected chi connectivity index (χ0v) is 22.7. The van der Waals surface area contributed by atoms with Crippen LogP contribution in [0.3, 0.4) is 0 Å². The van der Waals surface area contributed by atoms with Crippen LogP contribution in [0.15, 0.2) is 42.0 Å². The highest BCUT2D eigenvalue weighted by Gasteiger charge is 2.47. The second-order valence-corrected chi connectivity index (χ2v) is 11.3. The topological polar surface area (TPSA) is 65.0 Å². The summed E-state index contributed by atoms with van der Waals surface area (Å²) in [6, 6.07) is 3.41. The molecular weight excluding hydrogens is 452 g/mol. The summed E-state index contributed by atoms with van der Waals surface area (Å²) in [4.78, 5) is 13.6. The third-order valence-electron chi connectivity index (χ3n) is 8.04. The average molecular weight is 495 g/mol. The molecule has 0 radical (unpaired) electrons. The summed E-state index contributed by atoms with van der Waals surface area (Å²) < 4.78 is 19.3. The molecule has 3 aliphatic rings. The summed E-state index contributed by atoms with van der Waals surface area (Å²) in [7, 11) is 0. The molecule has 3 heterocycles. The SMILES string of the molecule is CC1=CC[C@@H]2C[C@@H](C[C@]3(CC[C@H](C)[C@@H](C)O3)O2)OC(=O)c2cc(C)c(O)cc2C(C)=CC=C[C@H](C)C1. The molecule has 1 aromatic rings. The lowest BCUT2D eigenvalue weighted by Crippen LogP contribution is -2.53. The monoisotopic (exact) mass is 494 g/mol. The van der Waals surface area contributed by atoms with Crippen LogP contribution in [0, 0.1) is 18.8 Å². The number of ether oxygens (including phenoxy) is 3. The van der Waals surface area contributed by atoms with Gasteiger partial charge in [-0.15, -0.1) is 0 Å². The Kier molecular flexibility index (Phi) is 8.11. The van der Waals surface area contributed by atoms with Gasteiger partial charge in [0.25, 0.3) is 0 Å². The quantitative estimate of drug-likeness (QED) is 0.303. The van der Waals surface area contributed by atoms with E-state index in [-0.39, 0.29) is 30.0 Å². The molecule has 3 aliphatic heterocycles. The van der Waals surface area contributed by atoms with E-state index in [0.29, 0.717) is 41.4 Å². The average Bonchev–Trinajstić information content (AvgIpc) is 2.81. The van der Waals surface area contributed by atoms with Crippen molar-refractivity contribution in [2.75, 3.05) is 0 Å². The number of phenols is 1. The van der Waals surface area contributed by atoms with E-state index in [0.717, 1.165) is 31.3 Å². The van der Waals surface area contributed by atoms with Gasteiger partial charge in [0.2, 0.25) is 0 Å². The van der Waals surface area contributed by atoms with Crippen molar-refractivity contribution < 1.29 is 24.1 Å². The van der Waals surface area contributed by atoms with Crippen molar-refractivity contribution in [3.63, 3.8) is 0 Å². The largest absolute Gasteiger partial charge is 0.508 e. The Morgan fingerprint density at radius 3 is 2.56 bits per heavy atom. The number of aromatic hydroxyl groups is 1. The van der Waals surface area contributed by atoms with Crippen LogP contribution in [0.1, 0.15) is 94.6 Å². The molecule has 1 spiro atoms. The normalized spacial score (nSPS) is 33.9. The van der Waals surface area contributed by atoms with Gasteiger partial charge in [-0.2, -0.15) is 0 Å². The van der Waals surface area contributed by atoms with Gasteiger partial charge >= 0.3 is 5.97 Å². The molecule has 5 nitrogen and oxygen atoms in total. The van der Waals surface area contributed by atoms with Gasteiger partial charge in [-0.1, -0.05) is 43.7 Å². The van der Waals surface area contributed by atoms with Crippen molar-refractivity contribution >= 4 is 11.5 Å². The molecule has 6 atom stereocenters. The Morgan fingerprint density at radius 2 is 1.81 bits per heavy atom. The van der Waals surface area contributed by atoms with Crippen LogP contribution >= 0.6 is 0 Å². The Morgan fingerprint density at radius 1 is 1.03 bits per heavy atom. The molecule has 196 valence electrons. The standard InChI is InChI=1S/C31H42O5/c1-19-8-7-9-22(4)27-17-29(32)23(5)15-28(27)30(33)34-26-16-25(11-10-20(2)14-19)36-31(18-26)13-12-21(3)24(6)35-31/h7-10,15,17,19,21,24-26,32H,11-14,16,18H2,1-6H3/t19-,21-,24+,25+,26-,31-/m0/s1. The Labute approximate surface area is 216 Å². The molecule has 1 N–H and O–H groups in total. The first-order chi connectivity index (χ1) is 17.0. The highest BCUT2D eigenvalue weighted by atomic mass is 16.7. The highest BCUT2D eigenvalue weighted by Crippen LogP contribution is 2.43. The number of esters is 1. The van der Waals surface area contributed by atoms with Crippen molar-refractivity contribution in [1.82, 2.24) is 0 Å². The van der Waals surface area contributed by atoms with Gasteiger partial charge in [0, 0.05) is 19.3 Å². The van der Waals surface area contributed by atoms with E-state index in [4.69, 9.17) is 14.2 Å². The van der Waals surface area contributed by atoms with Crippen molar-refractivity contribution in [3.8, 4) is 5.75 Å². The number of rotatable bonds is 0. The Balaban J connectivity index is 1.72. The molecule has 2 bridgehead atoms. The predicted octanol–water partition coefficient (Wildman–Crippen LogP) is 7.27. The van der Waals surface area contributed by atoms with E-state index in [1.54, 1.807) is 19.1 Å². The number of phenolic OH excluding ortho intramolecular Hbond substituents is 1. The number of fused-ring (bicyclic) bond motifs is 3. The summed E-state index contributed by atoms with van der Waals surface area (Å²) in [5.41, 5.74) is 4.05. The minimum Gasteiger partial charge on any atom is -0.508 e. The minimum absolute atomic E-state index is 0.0754. The lowest BCUT2D eigenvalue weighted by molar-refractivity contribution is -0.331. The second kappa shape index (κ2) is 10.9. The zero-order valence-electron chi connectivity index (χ0n) is 22.7. The van der Waals surface area contributed by atoms with Gasteiger partial charge < -0.3 is 19.3 Å². The number of hydrogen-bond acceptors (Lipinski definition) is 5. The molecule has 4 rings (SSSR count). The predicted molar refractivity (Wildman–Crippen MR) is 143 cm³/mol. The van der Waals surface area contributed by atoms with Gasteiger partial charge in [-0.05, 0) is 87.6 Å². The number of aryl methyl sites for hydroxylation is 1. The highest BCUT2D eigenvalue weighted by molar-refractivity contribution is 5.96. The van der Waals surface area contributed by atoms with Gasteiger partial charge in [-0.3, -0.25) is 0 Å². The minimum atomic E-state index is -0.716. The van der Waals surface area contributed by atoms with Crippen molar-refractivity contribution in [3.05, 3.63) is 58.7 Å². The number of benzene rings is 1. The number of allylic oxidation sites excluding steroid dienone is 5. The van der Waals surface area contributed by atoms with E-state index >= 15 is 0 Å². The molecule has 0 aliphatic carbocycles. The first-order valence-electron chi connectivity index (χ1n) is 13.5. The van der Waals surface area contributed by atoms with Crippen molar-refractivity contribution in [1.29, 1.82) is 0 Å². The fourth-order valence-corrected chi connectivity index (χ4v) is 5.67. The van der Waals surface area contributed by atoms with E-state index < -0.39 is 5.79 Å². The molecule has 1 aromatic carbocycles. The maximum atomic E-state index is 13.6. The van der Waals surface area contributed by atoms with Crippen molar-refractivity contribution in [2.24, 2.45) is 11.8 Å². The van der Waals surface area contributed by atoms with Crippen LogP contribution in [0.4, 0.5) is 0 Å².